The van der Waals surface area contributed by atoms with Crippen molar-refractivity contribution in [3.63, 3.8) is 0 Å². The van der Waals surface area contributed by atoms with Crippen molar-refractivity contribution in [3.05, 3.63) is 34.4 Å². The van der Waals surface area contributed by atoms with Gasteiger partial charge in [-0.3, -0.25) is 9.59 Å². The zero-order valence-corrected chi connectivity index (χ0v) is 15.4. The zero-order valence-electron chi connectivity index (χ0n) is 15.4. The first-order valence-corrected chi connectivity index (χ1v) is 8.64. The van der Waals surface area contributed by atoms with Crippen molar-refractivity contribution in [2.75, 3.05) is 0 Å². The highest BCUT2D eigenvalue weighted by Crippen LogP contribution is 2.27. The molecule has 0 atom stereocenters. The Balaban J connectivity index is 1.72. The molecule has 1 saturated carbocycles. The maximum absolute atomic E-state index is 12.3. The van der Waals surface area contributed by atoms with Crippen LogP contribution in [0, 0.1) is 33.6 Å². The Morgan fingerprint density at radius 2 is 1.81 bits per heavy atom. The van der Waals surface area contributed by atoms with Gasteiger partial charge in [-0.25, -0.2) is 14.6 Å². The molecule has 8 nitrogen and oxygen atoms in total. The molecule has 0 bridgehead atoms. The molecule has 3 rings (SSSR count). The molecule has 1 amide bonds. The van der Waals surface area contributed by atoms with E-state index in [1.807, 2.05) is 33.8 Å². The number of nitrogens with zero attached hydrogens (tertiary/aromatic N) is 4. The van der Waals surface area contributed by atoms with E-state index >= 15 is 0 Å². The van der Waals surface area contributed by atoms with Crippen LogP contribution in [0.4, 0.5) is 0 Å². The maximum Gasteiger partial charge on any atom is 0.306 e. The van der Waals surface area contributed by atoms with Crippen molar-refractivity contribution in [3.8, 4) is 5.95 Å². The van der Waals surface area contributed by atoms with Gasteiger partial charge < -0.3 is 10.4 Å². The normalized spacial score (nSPS) is 19.1. The van der Waals surface area contributed by atoms with Gasteiger partial charge in [-0.1, -0.05) is 0 Å². The van der Waals surface area contributed by atoms with E-state index in [0.717, 1.165) is 28.3 Å². The summed E-state index contributed by atoms with van der Waals surface area (Å²) in [6.07, 6.45) is 1.19. The Morgan fingerprint density at radius 3 is 2.38 bits per heavy atom. The second-order valence-electron chi connectivity index (χ2n) is 6.96. The van der Waals surface area contributed by atoms with Crippen LogP contribution < -0.4 is 5.32 Å². The minimum atomic E-state index is -0.795. The van der Waals surface area contributed by atoms with Crippen LogP contribution in [0.3, 0.4) is 0 Å². The van der Waals surface area contributed by atoms with Crippen LogP contribution in [0.2, 0.25) is 0 Å². The number of carbonyl (C=O) groups excluding carboxylic acids is 1. The fraction of sp³-hybridized carbons (Fsp3) is 0.500. The number of hydrogen-bond acceptors (Lipinski definition) is 5. The molecule has 1 aliphatic rings. The number of rotatable bonds is 5. The van der Waals surface area contributed by atoms with Gasteiger partial charge in [0.05, 0.1) is 18.0 Å². The van der Waals surface area contributed by atoms with Gasteiger partial charge in [0.2, 0.25) is 5.91 Å². The van der Waals surface area contributed by atoms with Gasteiger partial charge >= 0.3 is 5.97 Å². The Morgan fingerprint density at radius 1 is 1.19 bits per heavy atom. The first-order chi connectivity index (χ1) is 12.2. The van der Waals surface area contributed by atoms with Crippen LogP contribution >= 0.6 is 0 Å². The summed E-state index contributed by atoms with van der Waals surface area (Å²) in [5, 5.41) is 16.3. The lowest BCUT2D eigenvalue weighted by Gasteiger charge is -2.32. The van der Waals surface area contributed by atoms with E-state index < -0.39 is 5.97 Å². The summed E-state index contributed by atoms with van der Waals surface area (Å²) in [5.74, 6) is -0.755. The van der Waals surface area contributed by atoms with E-state index in [0.29, 0.717) is 18.8 Å². The van der Waals surface area contributed by atoms with Gasteiger partial charge in [-0.2, -0.15) is 5.10 Å². The summed E-state index contributed by atoms with van der Waals surface area (Å²) < 4.78 is 1.67. The molecule has 26 heavy (non-hydrogen) atoms. The van der Waals surface area contributed by atoms with Crippen molar-refractivity contribution in [1.82, 2.24) is 25.1 Å². The molecule has 0 radical (unpaired) electrons. The minimum Gasteiger partial charge on any atom is -0.481 e. The number of aromatic nitrogens is 4. The van der Waals surface area contributed by atoms with E-state index in [1.165, 1.54) is 0 Å². The number of amides is 1. The lowest BCUT2D eigenvalue weighted by Crippen LogP contribution is -2.47. The summed E-state index contributed by atoms with van der Waals surface area (Å²) in [7, 11) is 0. The van der Waals surface area contributed by atoms with Crippen molar-refractivity contribution in [2.45, 2.75) is 53.0 Å². The third-order valence-corrected chi connectivity index (χ3v) is 4.79. The van der Waals surface area contributed by atoms with E-state index in [-0.39, 0.29) is 24.3 Å². The third-order valence-electron chi connectivity index (χ3n) is 4.79. The average Bonchev–Trinajstić information content (AvgIpc) is 2.77. The number of carboxylic acids is 1. The molecule has 0 saturated heterocycles. The summed E-state index contributed by atoms with van der Waals surface area (Å²) in [4.78, 5) is 32.0. The topological polar surface area (TPSA) is 110 Å². The second-order valence-corrected chi connectivity index (χ2v) is 6.96. The summed E-state index contributed by atoms with van der Waals surface area (Å²) in [6, 6.07) is 1.84. The summed E-state index contributed by atoms with van der Waals surface area (Å²) in [5.41, 5.74) is 4.16. The van der Waals surface area contributed by atoms with Crippen LogP contribution in [0.25, 0.3) is 5.95 Å². The summed E-state index contributed by atoms with van der Waals surface area (Å²) in [6.45, 7) is 7.56. The SMILES string of the molecule is Cc1cc(C)nc(-n2nc(C)c(CC(=O)NC3CC(C(=O)O)C3)c2C)n1. The lowest BCUT2D eigenvalue weighted by atomic mass is 9.80. The Kier molecular flexibility index (Phi) is 4.76. The fourth-order valence-corrected chi connectivity index (χ4v) is 3.30. The standard InChI is InChI=1S/C18H23N5O3/c1-9-5-10(2)20-18(19-9)23-12(4)15(11(3)22-23)8-16(24)21-14-6-13(7-14)17(25)26/h5,13-14H,6-8H2,1-4H3,(H,21,24)(H,25,26). The third kappa shape index (κ3) is 3.58. The predicted octanol–water partition coefficient (Wildman–Crippen LogP) is 1.42. The zero-order chi connectivity index (χ0) is 19.0. The Hall–Kier alpha value is -2.77. The molecule has 138 valence electrons. The first-order valence-electron chi connectivity index (χ1n) is 8.64. The molecular formula is C18H23N5O3. The second kappa shape index (κ2) is 6.86. The number of carbonyl (C=O) groups is 2. The molecule has 2 aromatic heterocycles. The number of carboxylic acid groups (broad SMARTS) is 1. The molecular weight excluding hydrogens is 334 g/mol. The number of hydrogen-bond donors (Lipinski definition) is 2. The molecule has 2 heterocycles. The fourth-order valence-electron chi connectivity index (χ4n) is 3.30. The quantitative estimate of drug-likeness (QED) is 0.837. The van der Waals surface area contributed by atoms with Crippen molar-refractivity contribution >= 4 is 11.9 Å². The van der Waals surface area contributed by atoms with Crippen molar-refractivity contribution in [1.29, 1.82) is 0 Å². The molecule has 8 heteroatoms. The highest BCUT2D eigenvalue weighted by Gasteiger charge is 2.35. The number of aliphatic carboxylic acids is 1. The van der Waals surface area contributed by atoms with E-state index in [1.54, 1.807) is 4.68 Å². The van der Waals surface area contributed by atoms with E-state index in [9.17, 15) is 9.59 Å². The number of aryl methyl sites for hydroxylation is 3. The maximum atomic E-state index is 12.3. The van der Waals surface area contributed by atoms with Crippen LogP contribution in [-0.2, 0) is 16.0 Å². The van der Waals surface area contributed by atoms with E-state index in [4.69, 9.17) is 5.11 Å². The first kappa shape index (κ1) is 18.0. The van der Waals surface area contributed by atoms with Gasteiger partial charge in [0.25, 0.3) is 5.95 Å². The predicted molar refractivity (Wildman–Crippen MR) is 94.1 cm³/mol. The van der Waals surface area contributed by atoms with Crippen LogP contribution in [-0.4, -0.2) is 42.8 Å². The van der Waals surface area contributed by atoms with Crippen LogP contribution in [0.5, 0.6) is 0 Å². The minimum absolute atomic E-state index is 0.0537. The van der Waals surface area contributed by atoms with Crippen molar-refractivity contribution < 1.29 is 14.7 Å². The van der Waals surface area contributed by atoms with Gasteiger partial charge in [-0.05, 0) is 46.6 Å². The number of nitrogens with one attached hydrogen (secondary N) is 1. The Bertz CT molecular complexity index is 848. The molecule has 0 aliphatic heterocycles. The lowest BCUT2D eigenvalue weighted by molar-refractivity contribution is -0.146. The van der Waals surface area contributed by atoms with Gasteiger partial charge in [0.1, 0.15) is 0 Å². The van der Waals surface area contributed by atoms with Crippen molar-refractivity contribution in [2.24, 2.45) is 5.92 Å². The Labute approximate surface area is 151 Å². The molecule has 0 spiro atoms. The molecule has 0 unspecified atom stereocenters. The smallest absolute Gasteiger partial charge is 0.306 e. The van der Waals surface area contributed by atoms with Gasteiger partial charge in [0.15, 0.2) is 0 Å². The monoisotopic (exact) mass is 357 g/mol. The summed E-state index contributed by atoms with van der Waals surface area (Å²) >= 11 is 0. The average molecular weight is 357 g/mol. The van der Waals surface area contributed by atoms with Gasteiger partial charge in [-0.15, -0.1) is 0 Å². The van der Waals surface area contributed by atoms with Crippen LogP contribution in [0.15, 0.2) is 6.07 Å². The molecule has 1 fully saturated rings. The van der Waals surface area contributed by atoms with Gasteiger partial charge in [0, 0.05) is 28.7 Å². The highest BCUT2D eigenvalue weighted by molar-refractivity contribution is 5.80. The van der Waals surface area contributed by atoms with Crippen LogP contribution in [0.1, 0.15) is 41.2 Å². The van der Waals surface area contributed by atoms with E-state index in [2.05, 4.69) is 20.4 Å². The highest BCUT2D eigenvalue weighted by atomic mass is 16.4. The molecule has 2 N–H and O–H groups in total. The largest absolute Gasteiger partial charge is 0.481 e. The molecule has 1 aliphatic carbocycles. The molecule has 2 aromatic rings. The molecule has 0 aromatic carbocycles.